The summed E-state index contributed by atoms with van der Waals surface area (Å²) in [5.41, 5.74) is 0.819. The monoisotopic (exact) mass is 369 g/mol. The van der Waals surface area contributed by atoms with Crippen LogP contribution in [0, 0.1) is 36.0 Å². The van der Waals surface area contributed by atoms with E-state index >= 15 is 0 Å². The van der Waals surface area contributed by atoms with Crippen LogP contribution in [0.1, 0.15) is 55.3 Å². The van der Waals surface area contributed by atoms with Crippen LogP contribution in [-0.2, 0) is 22.7 Å². The summed E-state index contributed by atoms with van der Waals surface area (Å²) < 4.78 is 6.49. The highest BCUT2D eigenvalue weighted by Gasteiger charge is 2.51. The molecular formula is C21H27N3O3. The summed E-state index contributed by atoms with van der Waals surface area (Å²) in [4.78, 5) is 25.6. The number of hydrogen-bond donors (Lipinski definition) is 1. The van der Waals surface area contributed by atoms with Crippen molar-refractivity contribution in [3.8, 4) is 6.07 Å². The molecule has 27 heavy (non-hydrogen) atoms. The molecule has 4 saturated carbocycles. The van der Waals surface area contributed by atoms with E-state index in [1.165, 1.54) is 30.9 Å². The Morgan fingerprint density at radius 1 is 1.30 bits per heavy atom. The number of carbonyl (C=O) groups excluding carboxylic acids is 1. The van der Waals surface area contributed by atoms with Crippen molar-refractivity contribution in [1.29, 1.82) is 5.26 Å². The maximum atomic E-state index is 12.8. The average molecular weight is 369 g/mol. The molecule has 4 aliphatic carbocycles. The summed E-state index contributed by atoms with van der Waals surface area (Å²) in [5, 5.41) is 12.7. The number of pyridine rings is 1. The summed E-state index contributed by atoms with van der Waals surface area (Å²) in [6.07, 6.45) is 7.19. The number of hydrogen-bond acceptors (Lipinski definition) is 4. The van der Waals surface area contributed by atoms with Crippen molar-refractivity contribution in [3.05, 3.63) is 33.2 Å². The summed E-state index contributed by atoms with van der Waals surface area (Å²) >= 11 is 0. The van der Waals surface area contributed by atoms with E-state index in [0.717, 1.165) is 37.0 Å². The van der Waals surface area contributed by atoms with Crippen LogP contribution >= 0.6 is 0 Å². The molecule has 0 radical (unpaired) electrons. The fourth-order valence-electron chi connectivity index (χ4n) is 6.16. The third-order valence-corrected chi connectivity index (χ3v) is 6.75. The number of nitrogens with one attached hydrogen (secondary N) is 1. The molecule has 4 aliphatic rings. The van der Waals surface area contributed by atoms with Gasteiger partial charge in [-0.1, -0.05) is 0 Å². The quantitative estimate of drug-likeness (QED) is 0.863. The van der Waals surface area contributed by atoms with Gasteiger partial charge in [0.25, 0.3) is 5.56 Å². The molecule has 1 amide bonds. The van der Waals surface area contributed by atoms with Gasteiger partial charge in [-0.3, -0.25) is 9.59 Å². The van der Waals surface area contributed by atoms with Crippen LogP contribution in [0.15, 0.2) is 10.9 Å². The second-order valence-corrected chi connectivity index (χ2v) is 8.87. The van der Waals surface area contributed by atoms with Gasteiger partial charge in [0, 0.05) is 23.9 Å². The molecular weight excluding hydrogens is 342 g/mol. The summed E-state index contributed by atoms with van der Waals surface area (Å²) in [7, 11) is 1.53. The van der Waals surface area contributed by atoms with Gasteiger partial charge in [0.05, 0.1) is 6.61 Å². The number of aryl methyl sites for hydroxylation is 1. The van der Waals surface area contributed by atoms with Crippen molar-refractivity contribution in [2.45, 2.75) is 64.1 Å². The topological polar surface area (TPSA) is 84.1 Å². The highest BCUT2D eigenvalue weighted by Crippen LogP contribution is 2.55. The van der Waals surface area contributed by atoms with Crippen LogP contribution in [0.25, 0.3) is 0 Å². The largest absolute Gasteiger partial charge is 0.380 e. The molecule has 0 saturated heterocycles. The SMILES string of the molecule is COCc1cc(C)n(CC(=O)NC23CC4CC(CC(C4)C2)C3)c(=O)c1C#N. The normalized spacial score (nSPS) is 30.9. The lowest BCUT2D eigenvalue weighted by atomic mass is 9.53. The van der Waals surface area contributed by atoms with Gasteiger partial charge in [0.1, 0.15) is 18.2 Å². The van der Waals surface area contributed by atoms with Crippen molar-refractivity contribution in [1.82, 2.24) is 9.88 Å². The fraction of sp³-hybridized carbons (Fsp3) is 0.667. The zero-order valence-corrected chi connectivity index (χ0v) is 16.1. The van der Waals surface area contributed by atoms with Crippen LogP contribution in [0.5, 0.6) is 0 Å². The van der Waals surface area contributed by atoms with E-state index in [2.05, 4.69) is 5.32 Å². The second kappa shape index (κ2) is 6.79. The minimum absolute atomic E-state index is 0.0334. The van der Waals surface area contributed by atoms with Crippen molar-refractivity contribution < 1.29 is 9.53 Å². The van der Waals surface area contributed by atoms with Gasteiger partial charge in [0.15, 0.2) is 0 Å². The smallest absolute Gasteiger partial charge is 0.269 e. The first-order chi connectivity index (χ1) is 12.9. The van der Waals surface area contributed by atoms with Crippen LogP contribution in [0.2, 0.25) is 0 Å². The Kier molecular flexibility index (Phi) is 4.59. The van der Waals surface area contributed by atoms with Gasteiger partial charge in [-0.2, -0.15) is 5.26 Å². The lowest BCUT2D eigenvalue weighted by Crippen LogP contribution is -2.60. The van der Waals surface area contributed by atoms with Gasteiger partial charge >= 0.3 is 0 Å². The van der Waals surface area contributed by atoms with Crippen molar-refractivity contribution in [2.75, 3.05) is 7.11 Å². The number of carbonyl (C=O) groups is 1. The molecule has 6 nitrogen and oxygen atoms in total. The molecule has 0 spiro atoms. The molecule has 0 aromatic carbocycles. The Labute approximate surface area is 159 Å². The molecule has 1 aromatic heterocycles. The van der Waals surface area contributed by atoms with Gasteiger partial charge in [0.2, 0.25) is 5.91 Å². The fourth-order valence-corrected chi connectivity index (χ4v) is 6.16. The van der Waals surface area contributed by atoms with E-state index in [-0.39, 0.29) is 30.2 Å². The van der Waals surface area contributed by atoms with E-state index in [1.807, 2.05) is 6.07 Å². The zero-order valence-electron chi connectivity index (χ0n) is 16.1. The predicted octanol–water partition coefficient (Wildman–Crippen LogP) is 2.26. The van der Waals surface area contributed by atoms with Gasteiger partial charge in [-0.15, -0.1) is 0 Å². The molecule has 4 fully saturated rings. The molecule has 5 rings (SSSR count). The standard InChI is InChI=1S/C21H27N3O3/c1-13-3-17(12-27-2)18(10-22)20(26)24(13)11-19(25)23-21-7-14-4-15(8-21)6-16(5-14)9-21/h3,14-16H,4-9,11-12H2,1-2H3,(H,23,25). The maximum absolute atomic E-state index is 12.8. The van der Waals surface area contributed by atoms with Crippen LogP contribution < -0.4 is 10.9 Å². The van der Waals surface area contributed by atoms with Crippen molar-refractivity contribution in [2.24, 2.45) is 17.8 Å². The molecule has 144 valence electrons. The Balaban J connectivity index is 1.54. The zero-order chi connectivity index (χ0) is 19.2. The van der Waals surface area contributed by atoms with E-state index in [0.29, 0.717) is 11.3 Å². The molecule has 1 heterocycles. The van der Waals surface area contributed by atoms with E-state index < -0.39 is 5.56 Å². The third-order valence-electron chi connectivity index (χ3n) is 6.75. The molecule has 1 N–H and O–H groups in total. The Morgan fingerprint density at radius 3 is 2.41 bits per heavy atom. The number of ether oxygens (including phenoxy) is 1. The van der Waals surface area contributed by atoms with Gasteiger partial charge in [-0.05, 0) is 69.3 Å². The Morgan fingerprint density at radius 2 is 1.89 bits per heavy atom. The number of rotatable bonds is 5. The molecule has 1 aromatic rings. The van der Waals surface area contributed by atoms with Crippen molar-refractivity contribution in [3.63, 3.8) is 0 Å². The number of nitrogens with zero attached hydrogens (tertiary/aromatic N) is 2. The molecule has 0 atom stereocenters. The number of nitriles is 1. The number of amides is 1. The minimum Gasteiger partial charge on any atom is -0.380 e. The van der Waals surface area contributed by atoms with E-state index in [9.17, 15) is 14.9 Å². The van der Waals surface area contributed by atoms with Crippen LogP contribution in [0.4, 0.5) is 0 Å². The summed E-state index contributed by atoms with van der Waals surface area (Å²) in [6, 6.07) is 3.74. The molecule has 0 aliphatic heterocycles. The predicted molar refractivity (Wildman–Crippen MR) is 99.9 cm³/mol. The van der Waals surface area contributed by atoms with Gasteiger partial charge < -0.3 is 14.6 Å². The third kappa shape index (κ3) is 3.29. The lowest BCUT2D eigenvalue weighted by Gasteiger charge is -2.56. The van der Waals surface area contributed by atoms with Crippen molar-refractivity contribution >= 4 is 5.91 Å². The lowest BCUT2D eigenvalue weighted by molar-refractivity contribution is -0.127. The first-order valence-electron chi connectivity index (χ1n) is 9.86. The molecule has 4 bridgehead atoms. The van der Waals surface area contributed by atoms with Crippen LogP contribution in [-0.4, -0.2) is 23.1 Å². The Hall–Kier alpha value is -2.13. The highest BCUT2D eigenvalue weighted by molar-refractivity contribution is 5.77. The maximum Gasteiger partial charge on any atom is 0.269 e. The number of aromatic nitrogens is 1. The first kappa shape index (κ1) is 18.2. The molecule has 6 heteroatoms. The van der Waals surface area contributed by atoms with E-state index in [1.54, 1.807) is 13.0 Å². The Bertz CT molecular complexity index is 829. The number of methoxy groups -OCH3 is 1. The van der Waals surface area contributed by atoms with Crippen LogP contribution in [0.3, 0.4) is 0 Å². The van der Waals surface area contributed by atoms with E-state index in [4.69, 9.17) is 4.74 Å². The summed E-state index contributed by atoms with van der Waals surface area (Å²) in [5.74, 6) is 2.13. The van der Waals surface area contributed by atoms with Gasteiger partial charge in [-0.25, -0.2) is 0 Å². The molecule has 0 unspecified atom stereocenters. The minimum atomic E-state index is -0.412. The highest BCUT2D eigenvalue weighted by atomic mass is 16.5. The second-order valence-electron chi connectivity index (χ2n) is 8.87. The first-order valence-corrected chi connectivity index (χ1v) is 9.86. The summed E-state index contributed by atoms with van der Waals surface area (Å²) in [6.45, 7) is 1.97. The average Bonchev–Trinajstić information content (AvgIpc) is 2.57.